The van der Waals surface area contributed by atoms with Crippen molar-refractivity contribution in [1.29, 1.82) is 0 Å². The Kier molecular flexibility index (Phi) is 43.9. The number of allylic oxidation sites excluding steroid dienone is 8. The van der Waals surface area contributed by atoms with E-state index in [9.17, 15) is 14.4 Å². The van der Waals surface area contributed by atoms with Crippen LogP contribution in [-0.2, 0) is 28.6 Å². The molecule has 0 fully saturated rings. The van der Waals surface area contributed by atoms with Crippen LogP contribution in [0.3, 0.4) is 0 Å². The van der Waals surface area contributed by atoms with Crippen molar-refractivity contribution in [2.45, 2.75) is 245 Å². The molecule has 0 bridgehead atoms. The summed E-state index contributed by atoms with van der Waals surface area (Å²) in [5.74, 6) is -0.920. The first-order valence-electron chi connectivity index (χ1n) is 24.2. The zero-order valence-corrected chi connectivity index (χ0v) is 37.6. The predicted molar refractivity (Wildman–Crippen MR) is 242 cm³/mol. The van der Waals surface area contributed by atoms with Crippen LogP contribution in [0, 0.1) is 0 Å². The highest BCUT2D eigenvalue weighted by Gasteiger charge is 2.19. The molecule has 0 saturated carbocycles. The topological polar surface area (TPSA) is 78.9 Å². The molecular weight excluding hydrogens is 709 g/mol. The standard InChI is InChI=1S/C51H90O6/c1-4-7-10-13-16-19-22-25-27-29-32-35-38-41-44-50(53)56-47-48(46-55-49(52)43-40-37-34-31-28-24-21-18-15-12-9-6-3)57-51(54)45-42-39-36-33-30-26-23-20-17-14-11-8-5-2/h8,11,14,17,20,23,26,30,48H,4-7,9-10,12-13,15-16,18-19,21-22,24-25,27-29,31-47H2,1-3H3/b11-8-,17-14-,23-20-,30-26-. The second-order valence-corrected chi connectivity index (χ2v) is 16.1. The van der Waals surface area contributed by atoms with E-state index in [0.717, 1.165) is 70.6 Å². The van der Waals surface area contributed by atoms with E-state index >= 15 is 0 Å². The highest BCUT2D eigenvalue weighted by Crippen LogP contribution is 2.15. The van der Waals surface area contributed by atoms with Gasteiger partial charge in [0, 0.05) is 19.3 Å². The Bertz CT molecular complexity index is 1010. The fourth-order valence-corrected chi connectivity index (χ4v) is 6.81. The van der Waals surface area contributed by atoms with E-state index in [1.807, 2.05) is 36.5 Å². The zero-order chi connectivity index (χ0) is 41.5. The van der Waals surface area contributed by atoms with E-state index in [1.165, 1.54) is 128 Å². The molecule has 0 aliphatic carbocycles. The largest absolute Gasteiger partial charge is 0.462 e. The zero-order valence-electron chi connectivity index (χ0n) is 37.6. The fraction of sp³-hybridized carbons (Fsp3) is 0.784. The molecule has 0 aromatic rings. The molecule has 0 amide bonds. The average molecular weight is 799 g/mol. The normalized spacial score (nSPS) is 12.4. The molecule has 0 aromatic heterocycles. The average Bonchev–Trinajstić information content (AvgIpc) is 3.21. The van der Waals surface area contributed by atoms with Crippen molar-refractivity contribution in [1.82, 2.24) is 0 Å². The summed E-state index contributed by atoms with van der Waals surface area (Å²) >= 11 is 0. The molecule has 57 heavy (non-hydrogen) atoms. The summed E-state index contributed by atoms with van der Waals surface area (Å²) in [6, 6.07) is 0. The van der Waals surface area contributed by atoms with E-state index in [1.54, 1.807) is 0 Å². The number of esters is 3. The Morgan fingerprint density at radius 1 is 0.368 bits per heavy atom. The van der Waals surface area contributed by atoms with Crippen molar-refractivity contribution in [3.63, 3.8) is 0 Å². The molecular formula is C51H90O6. The van der Waals surface area contributed by atoms with Crippen molar-refractivity contribution in [3.05, 3.63) is 48.6 Å². The van der Waals surface area contributed by atoms with E-state index in [2.05, 4.69) is 32.9 Å². The number of rotatable bonds is 43. The smallest absolute Gasteiger partial charge is 0.306 e. The van der Waals surface area contributed by atoms with Gasteiger partial charge < -0.3 is 14.2 Å². The van der Waals surface area contributed by atoms with Gasteiger partial charge in [-0.05, 0) is 38.5 Å². The Morgan fingerprint density at radius 2 is 0.684 bits per heavy atom. The molecule has 0 saturated heterocycles. The molecule has 0 radical (unpaired) electrons. The van der Waals surface area contributed by atoms with E-state index in [0.29, 0.717) is 12.8 Å². The minimum absolute atomic E-state index is 0.0859. The summed E-state index contributed by atoms with van der Waals surface area (Å²) in [6.45, 7) is 6.47. The number of carbonyl (C=O) groups is 3. The first-order valence-corrected chi connectivity index (χ1v) is 24.2. The van der Waals surface area contributed by atoms with E-state index in [4.69, 9.17) is 14.2 Å². The lowest BCUT2D eigenvalue weighted by Gasteiger charge is -2.18. The van der Waals surface area contributed by atoms with Crippen LogP contribution in [0.1, 0.15) is 239 Å². The first-order chi connectivity index (χ1) is 28.0. The fourth-order valence-electron chi connectivity index (χ4n) is 6.81. The Balaban J connectivity index is 4.41. The SMILES string of the molecule is CC\C=C/C=C\C=C/C=C\CCCCCC(=O)OC(COC(=O)CCCCCCCCCCCCCC)COC(=O)CCCCCCCCCCCCCCCC. The monoisotopic (exact) mass is 799 g/mol. The molecule has 0 spiro atoms. The van der Waals surface area contributed by atoms with Crippen LogP contribution in [0.25, 0.3) is 0 Å². The van der Waals surface area contributed by atoms with Crippen molar-refractivity contribution in [2.75, 3.05) is 13.2 Å². The molecule has 0 aliphatic rings. The first kappa shape index (κ1) is 54.4. The van der Waals surface area contributed by atoms with Gasteiger partial charge in [-0.25, -0.2) is 0 Å². The number of hydrogen-bond acceptors (Lipinski definition) is 6. The maximum Gasteiger partial charge on any atom is 0.306 e. The number of hydrogen-bond donors (Lipinski definition) is 0. The molecule has 6 heteroatoms. The second-order valence-electron chi connectivity index (χ2n) is 16.1. The van der Waals surface area contributed by atoms with Crippen molar-refractivity contribution in [2.24, 2.45) is 0 Å². The van der Waals surface area contributed by atoms with Crippen molar-refractivity contribution >= 4 is 17.9 Å². The minimum atomic E-state index is -0.787. The molecule has 0 aliphatic heterocycles. The molecule has 0 heterocycles. The maximum absolute atomic E-state index is 12.7. The third-order valence-corrected chi connectivity index (χ3v) is 10.4. The Hall–Kier alpha value is -2.63. The van der Waals surface area contributed by atoms with Crippen LogP contribution in [-0.4, -0.2) is 37.2 Å². The summed E-state index contributed by atoms with van der Waals surface area (Å²) in [5.41, 5.74) is 0. The van der Waals surface area contributed by atoms with Crippen LogP contribution in [0.15, 0.2) is 48.6 Å². The predicted octanol–water partition coefficient (Wildman–Crippen LogP) is 15.5. The van der Waals surface area contributed by atoms with Crippen LogP contribution >= 0.6 is 0 Å². The van der Waals surface area contributed by atoms with Crippen molar-refractivity contribution in [3.8, 4) is 0 Å². The molecule has 0 N–H and O–H groups in total. The maximum atomic E-state index is 12.7. The van der Waals surface area contributed by atoms with Gasteiger partial charge >= 0.3 is 17.9 Å². The number of carbonyl (C=O) groups excluding carboxylic acids is 3. The third kappa shape index (κ3) is 44.3. The van der Waals surface area contributed by atoms with Gasteiger partial charge in [-0.3, -0.25) is 14.4 Å². The molecule has 6 nitrogen and oxygen atoms in total. The highest BCUT2D eigenvalue weighted by atomic mass is 16.6. The molecule has 1 unspecified atom stereocenters. The summed E-state index contributed by atoms with van der Waals surface area (Å²) in [6.07, 6.45) is 53.8. The minimum Gasteiger partial charge on any atom is -0.462 e. The van der Waals surface area contributed by atoms with Crippen LogP contribution in [0.4, 0.5) is 0 Å². The Morgan fingerprint density at radius 3 is 1.07 bits per heavy atom. The quantitative estimate of drug-likeness (QED) is 0.0265. The summed E-state index contributed by atoms with van der Waals surface area (Å²) in [5, 5.41) is 0. The van der Waals surface area contributed by atoms with Gasteiger partial charge in [0.2, 0.25) is 0 Å². The van der Waals surface area contributed by atoms with Gasteiger partial charge in [0.25, 0.3) is 0 Å². The number of ether oxygens (including phenoxy) is 3. The van der Waals surface area contributed by atoms with Gasteiger partial charge in [-0.15, -0.1) is 0 Å². The van der Waals surface area contributed by atoms with Crippen LogP contribution in [0.5, 0.6) is 0 Å². The van der Waals surface area contributed by atoms with Crippen LogP contribution in [0.2, 0.25) is 0 Å². The lowest BCUT2D eigenvalue weighted by molar-refractivity contribution is -0.167. The number of unbranched alkanes of at least 4 members (excludes halogenated alkanes) is 27. The van der Waals surface area contributed by atoms with Gasteiger partial charge in [-0.1, -0.05) is 230 Å². The second kappa shape index (κ2) is 46.1. The van der Waals surface area contributed by atoms with Gasteiger partial charge in [0.05, 0.1) is 0 Å². The summed E-state index contributed by atoms with van der Waals surface area (Å²) in [7, 11) is 0. The summed E-state index contributed by atoms with van der Waals surface area (Å²) < 4.78 is 16.7. The van der Waals surface area contributed by atoms with E-state index in [-0.39, 0.29) is 37.5 Å². The molecule has 0 aromatic carbocycles. The lowest BCUT2D eigenvalue weighted by Crippen LogP contribution is -2.30. The van der Waals surface area contributed by atoms with Crippen molar-refractivity contribution < 1.29 is 28.6 Å². The summed E-state index contributed by atoms with van der Waals surface area (Å²) in [4.78, 5) is 37.8. The lowest BCUT2D eigenvalue weighted by atomic mass is 10.0. The third-order valence-electron chi connectivity index (χ3n) is 10.4. The molecule has 0 rings (SSSR count). The Labute approximate surface area is 352 Å². The van der Waals surface area contributed by atoms with E-state index < -0.39 is 6.10 Å². The van der Waals surface area contributed by atoms with Crippen LogP contribution < -0.4 is 0 Å². The molecule has 330 valence electrons. The van der Waals surface area contributed by atoms with Gasteiger partial charge in [-0.2, -0.15) is 0 Å². The van der Waals surface area contributed by atoms with Gasteiger partial charge in [0.1, 0.15) is 13.2 Å². The highest BCUT2D eigenvalue weighted by molar-refractivity contribution is 5.71. The van der Waals surface area contributed by atoms with Gasteiger partial charge in [0.15, 0.2) is 6.10 Å². The molecule has 1 atom stereocenters.